The Morgan fingerprint density at radius 3 is 2.89 bits per heavy atom. The van der Waals surface area contributed by atoms with Gasteiger partial charge in [0, 0.05) is 26.2 Å². The first-order valence-corrected chi connectivity index (χ1v) is 8.32. The molecule has 0 spiro atoms. The van der Waals surface area contributed by atoms with E-state index in [1.807, 2.05) is 0 Å². The second-order valence-electron chi connectivity index (χ2n) is 6.54. The molecule has 0 saturated carbocycles. The van der Waals surface area contributed by atoms with Crippen molar-refractivity contribution in [2.45, 2.75) is 40.4 Å². The van der Waals surface area contributed by atoms with E-state index in [9.17, 15) is 5.11 Å². The fraction of sp³-hybridized carbons (Fsp3) is 0.333. The zero-order valence-corrected chi connectivity index (χ0v) is 15.1. The summed E-state index contributed by atoms with van der Waals surface area (Å²) in [7, 11) is 0. The van der Waals surface area contributed by atoms with Gasteiger partial charge in [-0.25, -0.2) is 9.98 Å². The number of phenolic OH excluding ortho intramolecular Hbond substituents is 1. The van der Waals surface area contributed by atoms with Gasteiger partial charge in [-0.1, -0.05) is 19.8 Å². The molecule has 0 atom stereocenters. The number of phenols is 1. The summed E-state index contributed by atoms with van der Waals surface area (Å²) in [5.74, 6) is -3.10. The number of rotatable bonds is 2. The van der Waals surface area contributed by atoms with E-state index in [0.717, 1.165) is 0 Å². The highest BCUT2D eigenvalue weighted by molar-refractivity contribution is 6.14. The van der Waals surface area contributed by atoms with Crippen LogP contribution in [0.3, 0.4) is 0 Å². The number of hydrogen-bond donors (Lipinski definition) is 3. The molecule has 0 saturated heterocycles. The van der Waals surface area contributed by atoms with Gasteiger partial charge in [-0.2, -0.15) is 0 Å². The number of hydrogen-bond acceptors (Lipinski definition) is 5. The third-order valence-electron chi connectivity index (χ3n) is 4.84. The van der Waals surface area contributed by atoms with Gasteiger partial charge < -0.3 is 16.2 Å². The van der Waals surface area contributed by atoms with E-state index in [1.54, 1.807) is 24.5 Å². The molecule has 1 aliphatic heterocycles. The van der Waals surface area contributed by atoms with E-state index < -0.39 is 26.2 Å². The number of anilines is 1. The van der Waals surface area contributed by atoms with Crippen molar-refractivity contribution in [3.63, 3.8) is 0 Å². The van der Waals surface area contributed by atoms with Gasteiger partial charge in [0.05, 0.1) is 14.0 Å². The summed E-state index contributed by atoms with van der Waals surface area (Å²) in [5, 5.41) is 13.3. The number of aromatic nitrogens is 2. The Labute approximate surface area is 171 Å². The maximum absolute atomic E-state index is 10.4. The van der Waals surface area contributed by atoms with Crippen LogP contribution in [-0.2, 0) is 0 Å². The molecule has 0 radical (unpaired) electrons. The number of pyridine rings is 1. The normalized spacial score (nSPS) is 21.7. The molecule has 3 aromatic rings. The van der Waals surface area contributed by atoms with Gasteiger partial charge in [0.25, 0.3) is 0 Å². The first kappa shape index (κ1) is 9.78. The van der Waals surface area contributed by atoms with E-state index in [4.69, 9.17) is 18.1 Å². The first-order chi connectivity index (χ1) is 16.3. The zero-order chi connectivity index (χ0) is 27.2. The standard InChI is InChI=1S/C21H25N5O/c1-10(2)14-8-15-17-19(22)23-9-24-21(17)26(20(15)25-13(14)5)18-11(3)6-7-16(27)12(18)4/h6-8,10,24,27H,9H2,1-5H3,(H2,22,23)/i1D3,2D3,9D2,10D. The van der Waals surface area contributed by atoms with Gasteiger partial charge in [-0.3, -0.25) is 4.57 Å². The molecule has 0 bridgehead atoms. The number of aryl methyl sites for hydroxylation is 2. The van der Waals surface area contributed by atoms with Crippen molar-refractivity contribution >= 4 is 22.7 Å². The van der Waals surface area contributed by atoms with Crippen LogP contribution >= 0.6 is 0 Å². The van der Waals surface area contributed by atoms with Crippen LogP contribution in [0.15, 0.2) is 23.2 Å². The summed E-state index contributed by atoms with van der Waals surface area (Å²) in [6.45, 7) is -3.88. The summed E-state index contributed by atoms with van der Waals surface area (Å²) < 4.78 is 73.9. The number of amidine groups is 1. The molecule has 1 aliphatic rings. The van der Waals surface area contributed by atoms with Crippen LogP contribution in [-0.4, -0.2) is 27.1 Å². The predicted octanol–water partition coefficient (Wildman–Crippen LogP) is 3.87. The van der Waals surface area contributed by atoms with Crippen molar-refractivity contribution in [3.05, 3.63) is 46.1 Å². The smallest absolute Gasteiger partial charge is 0.147 e. The largest absolute Gasteiger partial charge is 0.508 e. The quantitative estimate of drug-likeness (QED) is 0.637. The van der Waals surface area contributed by atoms with Crippen LogP contribution in [0, 0.1) is 20.8 Å². The van der Waals surface area contributed by atoms with Crippen molar-refractivity contribution in [1.29, 1.82) is 0 Å². The fourth-order valence-electron chi connectivity index (χ4n) is 3.51. The van der Waals surface area contributed by atoms with Crippen LogP contribution in [0.2, 0.25) is 0 Å². The van der Waals surface area contributed by atoms with Crippen molar-refractivity contribution in [3.8, 4) is 11.4 Å². The minimum Gasteiger partial charge on any atom is -0.508 e. The van der Waals surface area contributed by atoms with Crippen molar-refractivity contribution in [2.75, 3.05) is 11.9 Å². The predicted molar refractivity (Wildman–Crippen MR) is 110 cm³/mol. The highest BCUT2D eigenvalue weighted by Crippen LogP contribution is 2.39. The van der Waals surface area contributed by atoms with Crippen LogP contribution in [0.4, 0.5) is 5.82 Å². The molecular formula is C21H25N5O. The van der Waals surface area contributed by atoms with Crippen LogP contribution in [0.1, 0.15) is 59.9 Å². The Kier molecular flexibility index (Phi) is 2.18. The van der Waals surface area contributed by atoms with Crippen molar-refractivity contribution in [1.82, 2.24) is 9.55 Å². The molecule has 0 unspecified atom stereocenters. The van der Waals surface area contributed by atoms with E-state index in [1.165, 1.54) is 19.1 Å². The SMILES string of the molecule is [2H]C1([2H])N=C(N)c2c(n(-c3c(C)ccc(O)c3C)c3nc(C)c(C([2H])(C([2H])([2H])[2H])C([2H])([2H])[2H])cc23)N1. The van der Waals surface area contributed by atoms with Crippen molar-refractivity contribution < 1.29 is 17.4 Å². The lowest BCUT2D eigenvalue weighted by Crippen LogP contribution is -2.23. The topological polar surface area (TPSA) is 88.5 Å². The Balaban J connectivity index is 2.21. The van der Waals surface area contributed by atoms with Crippen LogP contribution < -0.4 is 11.1 Å². The fourth-order valence-corrected chi connectivity index (χ4v) is 3.51. The van der Waals surface area contributed by atoms with Crippen molar-refractivity contribution in [2.24, 2.45) is 10.7 Å². The summed E-state index contributed by atoms with van der Waals surface area (Å²) in [4.78, 5) is 8.38. The zero-order valence-electron chi connectivity index (χ0n) is 24.1. The third kappa shape index (κ3) is 2.47. The Hall–Kier alpha value is -3.02. The molecule has 140 valence electrons. The molecule has 0 fully saturated rings. The number of aliphatic imine (C=N–C) groups is 1. The second kappa shape index (κ2) is 6.01. The highest BCUT2D eigenvalue weighted by atomic mass is 16.3. The first-order valence-electron chi connectivity index (χ1n) is 12.8. The molecule has 4 N–H and O–H groups in total. The van der Waals surface area contributed by atoms with Gasteiger partial charge in [-0.15, -0.1) is 0 Å². The van der Waals surface area contributed by atoms with Crippen LogP contribution in [0.5, 0.6) is 5.75 Å². The third-order valence-corrected chi connectivity index (χ3v) is 4.84. The Morgan fingerprint density at radius 2 is 2.15 bits per heavy atom. The summed E-state index contributed by atoms with van der Waals surface area (Å²) in [6.07, 6.45) is 0. The maximum atomic E-state index is 10.4. The summed E-state index contributed by atoms with van der Waals surface area (Å²) in [5.41, 5.74) is 7.84. The van der Waals surface area contributed by atoms with E-state index in [2.05, 4.69) is 15.3 Å². The second-order valence-corrected chi connectivity index (χ2v) is 6.54. The maximum Gasteiger partial charge on any atom is 0.147 e. The molecule has 27 heavy (non-hydrogen) atoms. The number of nitrogens with zero attached hydrogens (tertiary/aromatic N) is 3. The Morgan fingerprint density at radius 1 is 1.37 bits per heavy atom. The van der Waals surface area contributed by atoms with Gasteiger partial charge in [0.1, 0.15) is 29.7 Å². The molecule has 0 amide bonds. The molecule has 2 aromatic heterocycles. The minimum atomic E-state index is -3.23. The summed E-state index contributed by atoms with van der Waals surface area (Å²) in [6, 6.07) is 4.45. The lowest BCUT2D eigenvalue weighted by molar-refractivity contribution is 0.470. The minimum absolute atomic E-state index is 0.00479. The lowest BCUT2D eigenvalue weighted by atomic mass is 9.99. The van der Waals surface area contributed by atoms with E-state index >= 15 is 0 Å². The van der Waals surface area contributed by atoms with E-state index in [-0.39, 0.29) is 45.3 Å². The molecular weight excluding hydrogens is 338 g/mol. The highest BCUT2D eigenvalue weighted by Gasteiger charge is 2.27. The monoisotopic (exact) mass is 372 g/mol. The molecule has 0 aliphatic carbocycles. The van der Waals surface area contributed by atoms with Gasteiger partial charge in [0.2, 0.25) is 0 Å². The van der Waals surface area contributed by atoms with Gasteiger partial charge >= 0.3 is 0 Å². The molecule has 6 heteroatoms. The van der Waals surface area contributed by atoms with Gasteiger partial charge in [0.15, 0.2) is 0 Å². The molecule has 3 heterocycles. The van der Waals surface area contributed by atoms with Gasteiger partial charge in [-0.05, 0) is 49.9 Å². The molecule has 4 rings (SSSR count). The summed E-state index contributed by atoms with van der Waals surface area (Å²) >= 11 is 0. The number of nitrogens with two attached hydrogens (primary N) is 1. The number of nitrogens with one attached hydrogen (secondary N) is 1. The average Bonchev–Trinajstić information content (AvgIpc) is 3.00. The lowest BCUT2D eigenvalue weighted by Gasteiger charge is -2.19. The Bertz CT molecular complexity index is 1420. The number of fused-ring (bicyclic) bond motifs is 3. The number of aromatic hydroxyl groups is 1. The van der Waals surface area contributed by atoms with E-state index in [0.29, 0.717) is 16.8 Å². The average molecular weight is 373 g/mol. The molecule has 1 aromatic carbocycles. The molecule has 6 nitrogen and oxygen atoms in total. The van der Waals surface area contributed by atoms with Crippen LogP contribution in [0.25, 0.3) is 16.7 Å². The number of benzene rings is 1.